The molecule has 128 valence electrons. The van der Waals surface area contributed by atoms with Gasteiger partial charge < -0.3 is 9.30 Å². The summed E-state index contributed by atoms with van der Waals surface area (Å²) in [6.07, 6.45) is 7.36. The van der Waals surface area contributed by atoms with Gasteiger partial charge in [-0.25, -0.2) is 18.1 Å². The standard InChI is InChI=1S/C15H24N4O3S/c1-18-6-5-16-14(18)9-19-8-12-11(7-17-23(2,20)21)13-3-4-15(12,10-19)22-13/h5-6,11-13,17H,3-4,7-10H2,1-2H3/t11-,12+,13+,15+/m0/s1. The molecule has 3 aliphatic heterocycles. The predicted octanol–water partition coefficient (Wildman–Crippen LogP) is -0.0513. The average molecular weight is 340 g/mol. The van der Waals surface area contributed by atoms with Crippen molar-refractivity contribution >= 4 is 10.0 Å². The van der Waals surface area contributed by atoms with Crippen LogP contribution in [0.4, 0.5) is 0 Å². The maximum absolute atomic E-state index is 11.4. The van der Waals surface area contributed by atoms with E-state index in [9.17, 15) is 8.42 Å². The van der Waals surface area contributed by atoms with Crippen LogP contribution < -0.4 is 4.72 Å². The molecule has 0 aromatic carbocycles. The van der Waals surface area contributed by atoms with Crippen molar-refractivity contribution in [3.8, 4) is 0 Å². The molecule has 1 N–H and O–H groups in total. The fourth-order valence-corrected chi connectivity index (χ4v) is 5.17. The highest BCUT2D eigenvalue weighted by Gasteiger charge is 2.62. The lowest BCUT2D eigenvalue weighted by atomic mass is 9.74. The van der Waals surface area contributed by atoms with Crippen molar-refractivity contribution in [1.29, 1.82) is 0 Å². The molecule has 3 aliphatic rings. The van der Waals surface area contributed by atoms with Crippen molar-refractivity contribution in [3.63, 3.8) is 0 Å². The van der Waals surface area contributed by atoms with E-state index in [2.05, 4.69) is 14.6 Å². The number of imidazole rings is 1. The first kappa shape index (κ1) is 15.6. The Labute approximate surface area is 137 Å². The van der Waals surface area contributed by atoms with E-state index in [0.717, 1.165) is 38.3 Å². The van der Waals surface area contributed by atoms with Crippen LogP contribution in [0.15, 0.2) is 12.4 Å². The van der Waals surface area contributed by atoms with E-state index in [1.807, 2.05) is 24.0 Å². The molecule has 23 heavy (non-hydrogen) atoms. The Balaban J connectivity index is 1.47. The summed E-state index contributed by atoms with van der Waals surface area (Å²) < 4.78 is 33.9. The van der Waals surface area contributed by atoms with Gasteiger partial charge in [-0.3, -0.25) is 4.90 Å². The molecule has 4 rings (SSSR count). The van der Waals surface area contributed by atoms with E-state index in [4.69, 9.17) is 4.74 Å². The summed E-state index contributed by atoms with van der Waals surface area (Å²) in [5.74, 6) is 1.75. The minimum Gasteiger partial charge on any atom is -0.370 e. The number of sulfonamides is 1. The van der Waals surface area contributed by atoms with Crippen LogP contribution in [0.25, 0.3) is 0 Å². The van der Waals surface area contributed by atoms with E-state index in [0.29, 0.717) is 12.5 Å². The molecule has 2 bridgehead atoms. The number of hydrogen-bond donors (Lipinski definition) is 1. The van der Waals surface area contributed by atoms with Gasteiger partial charge in [0.2, 0.25) is 10.0 Å². The summed E-state index contributed by atoms with van der Waals surface area (Å²) in [5, 5.41) is 0. The topological polar surface area (TPSA) is 76.5 Å². The summed E-state index contributed by atoms with van der Waals surface area (Å²) in [6.45, 7) is 3.20. The highest BCUT2D eigenvalue weighted by atomic mass is 32.2. The van der Waals surface area contributed by atoms with Gasteiger partial charge in [0.1, 0.15) is 5.82 Å². The van der Waals surface area contributed by atoms with E-state index in [-0.39, 0.29) is 17.6 Å². The Morgan fingerprint density at radius 3 is 3.04 bits per heavy atom. The molecule has 0 unspecified atom stereocenters. The van der Waals surface area contributed by atoms with Crippen molar-refractivity contribution in [3.05, 3.63) is 18.2 Å². The van der Waals surface area contributed by atoms with Crippen molar-refractivity contribution in [2.75, 3.05) is 25.9 Å². The number of aromatic nitrogens is 2. The first-order valence-corrected chi connectivity index (χ1v) is 10.1. The van der Waals surface area contributed by atoms with E-state index < -0.39 is 10.0 Å². The van der Waals surface area contributed by atoms with Gasteiger partial charge in [-0.15, -0.1) is 0 Å². The largest absolute Gasteiger partial charge is 0.370 e. The molecular weight excluding hydrogens is 316 g/mol. The molecule has 7 nitrogen and oxygen atoms in total. The first-order chi connectivity index (χ1) is 10.9. The van der Waals surface area contributed by atoms with Crippen LogP contribution in [0.2, 0.25) is 0 Å². The van der Waals surface area contributed by atoms with Crippen LogP contribution in [0.3, 0.4) is 0 Å². The van der Waals surface area contributed by atoms with Crippen molar-refractivity contribution < 1.29 is 13.2 Å². The van der Waals surface area contributed by atoms with Gasteiger partial charge in [-0.1, -0.05) is 0 Å². The zero-order valence-corrected chi connectivity index (χ0v) is 14.4. The minimum atomic E-state index is -3.15. The Bertz CT molecular complexity index is 703. The summed E-state index contributed by atoms with van der Waals surface area (Å²) in [6, 6.07) is 0. The second kappa shape index (κ2) is 5.27. The zero-order chi connectivity index (χ0) is 16.2. The zero-order valence-electron chi connectivity index (χ0n) is 13.6. The molecule has 1 spiro atoms. The highest BCUT2D eigenvalue weighted by Crippen LogP contribution is 2.54. The predicted molar refractivity (Wildman–Crippen MR) is 85.1 cm³/mol. The van der Waals surface area contributed by atoms with Crippen molar-refractivity contribution in [2.45, 2.75) is 31.1 Å². The lowest BCUT2D eigenvalue weighted by molar-refractivity contribution is 0.00196. The molecule has 1 aromatic heterocycles. The molecule has 0 saturated carbocycles. The smallest absolute Gasteiger partial charge is 0.208 e. The molecule has 4 atom stereocenters. The highest BCUT2D eigenvalue weighted by molar-refractivity contribution is 7.88. The molecule has 0 aliphatic carbocycles. The van der Waals surface area contributed by atoms with E-state index in [1.54, 1.807) is 0 Å². The number of fused-ring (bicyclic) bond motifs is 1. The number of hydrogen-bond acceptors (Lipinski definition) is 5. The molecule has 8 heteroatoms. The third-order valence-electron chi connectivity index (χ3n) is 5.72. The lowest BCUT2D eigenvalue weighted by Gasteiger charge is -2.29. The Morgan fingerprint density at radius 2 is 2.35 bits per heavy atom. The second-order valence-electron chi connectivity index (χ2n) is 7.27. The van der Waals surface area contributed by atoms with Gasteiger partial charge in [0.25, 0.3) is 0 Å². The summed E-state index contributed by atoms with van der Waals surface area (Å²) in [5.41, 5.74) is -0.0698. The lowest BCUT2D eigenvalue weighted by Crippen LogP contribution is -2.41. The van der Waals surface area contributed by atoms with E-state index in [1.165, 1.54) is 6.26 Å². The minimum absolute atomic E-state index is 0.0698. The Morgan fingerprint density at radius 1 is 1.52 bits per heavy atom. The quantitative estimate of drug-likeness (QED) is 0.813. The summed E-state index contributed by atoms with van der Waals surface area (Å²) in [7, 11) is -1.14. The third-order valence-corrected chi connectivity index (χ3v) is 6.41. The maximum Gasteiger partial charge on any atom is 0.208 e. The van der Waals surface area contributed by atoms with Crippen LogP contribution in [0.5, 0.6) is 0 Å². The molecule has 1 aromatic rings. The van der Waals surface area contributed by atoms with Crippen molar-refractivity contribution in [1.82, 2.24) is 19.2 Å². The van der Waals surface area contributed by atoms with Gasteiger partial charge in [-0.2, -0.15) is 0 Å². The van der Waals surface area contributed by atoms with Gasteiger partial charge in [-0.05, 0) is 12.8 Å². The van der Waals surface area contributed by atoms with Crippen LogP contribution >= 0.6 is 0 Å². The van der Waals surface area contributed by atoms with Gasteiger partial charge >= 0.3 is 0 Å². The molecule has 0 radical (unpaired) electrons. The van der Waals surface area contributed by atoms with Crippen molar-refractivity contribution in [2.24, 2.45) is 18.9 Å². The number of ether oxygens (including phenoxy) is 1. The van der Waals surface area contributed by atoms with Crippen LogP contribution in [0, 0.1) is 11.8 Å². The third kappa shape index (κ3) is 2.71. The number of nitrogens with zero attached hydrogens (tertiary/aromatic N) is 3. The Kier molecular flexibility index (Phi) is 3.57. The fraction of sp³-hybridized carbons (Fsp3) is 0.800. The monoisotopic (exact) mass is 340 g/mol. The van der Waals surface area contributed by atoms with Gasteiger partial charge in [0, 0.05) is 50.9 Å². The number of likely N-dealkylation sites (tertiary alicyclic amines) is 1. The molecule has 3 fully saturated rings. The van der Waals surface area contributed by atoms with Gasteiger partial charge in [0.15, 0.2) is 0 Å². The van der Waals surface area contributed by atoms with Crippen LogP contribution in [-0.4, -0.2) is 60.5 Å². The number of rotatable bonds is 5. The van der Waals surface area contributed by atoms with Crippen LogP contribution in [0.1, 0.15) is 18.7 Å². The average Bonchev–Trinajstić information content (AvgIpc) is 3.17. The summed E-state index contributed by atoms with van der Waals surface area (Å²) in [4.78, 5) is 6.81. The molecule has 3 saturated heterocycles. The number of nitrogens with one attached hydrogen (secondary N) is 1. The Hall–Kier alpha value is -0.960. The molecule has 4 heterocycles. The van der Waals surface area contributed by atoms with Gasteiger partial charge in [0.05, 0.1) is 24.5 Å². The SMILES string of the molecule is Cn1ccnc1CN1C[C@@H]2[C@H](CNS(C)(=O)=O)[C@H]3CC[C@]2(C1)O3. The maximum atomic E-state index is 11.4. The molecular formula is C15H24N4O3S. The first-order valence-electron chi connectivity index (χ1n) is 8.17. The van der Waals surface area contributed by atoms with Crippen LogP contribution in [-0.2, 0) is 28.4 Å². The normalized spacial score (nSPS) is 36.7. The summed E-state index contributed by atoms with van der Waals surface area (Å²) >= 11 is 0. The number of aryl methyl sites for hydroxylation is 1. The second-order valence-corrected chi connectivity index (χ2v) is 9.11. The fourth-order valence-electron chi connectivity index (χ4n) is 4.68. The van der Waals surface area contributed by atoms with E-state index >= 15 is 0 Å². The molecule has 0 amide bonds.